The van der Waals surface area contributed by atoms with Gasteiger partial charge in [0.2, 0.25) is 0 Å². The Morgan fingerprint density at radius 2 is 2.00 bits per heavy atom. The van der Waals surface area contributed by atoms with E-state index in [4.69, 9.17) is 5.73 Å². The van der Waals surface area contributed by atoms with Gasteiger partial charge in [-0.1, -0.05) is 5.57 Å². The van der Waals surface area contributed by atoms with Gasteiger partial charge in [-0.3, -0.25) is 4.79 Å². The number of hydrogen-bond acceptors (Lipinski definition) is 2. The summed E-state index contributed by atoms with van der Waals surface area (Å²) in [6, 6.07) is 0. The molecule has 1 fully saturated rings. The minimum absolute atomic E-state index is 0.101. The molecule has 62 valence electrons. The first kappa shape index (κ1) is 8.47. The molecule has 1 aliphatic rings. The van der Waals surface area contributed by atoms with E-state index in [1.165, 1.54) is 0 Å². The molecule has 0 aliphatic heterocycles. The van der Waals surface area contributed by atoms with Crippen LogP contribution in [-0.4, -0.2) is 11.3 Å². The van der Waals surface area contributed by atoms with Gasteiger partial charge in [0, 0.05) is 0 Å². The van der Waals surface area contributed by atoms with E-state index in [0.717, 1.165) is 24.8 Å². The molecular formula is C9H15NO. The molecule has 1 rings (SSSR count). The van der Waals surface area contributed by atoms with E-state index in [0.29, 0.717) is 0 Å². The Hall–Kier alpha value is -0.630. The van der Waals surface area contributed by atoms with Crippen molar-refractivity contribution in [3.63, 3.8) is 0 Å². The minimum atomic E-state index is -0.503. The van der Waals surface area contributed by atoms with Crippen LogP contribution >= 0.6 is 0 Å². The zero-order valence-corrected chi connectivity index (χ0v) is 7.18. The van der Waals surface area contributed by atoms with Crippen molar-refractivity contribution >= 4 is 5.78 Å². The molecule has 2 heteroatoms. The Labute approximate surface area is 67.5 Å². The first-order chi connectivity index (χ1) is 5.04. The van der Waals surface area contributed by atoms with Crippen molar-refractivity contribution in [2.45, 2.75) is 38.6 Å². The molecule has 0 radical (unpaired) electrons. The van der Waals surface area contributed by atoms with Crippen LogP contribution in [0.5, 0.6) is 0 Å². The molecular weight excluding hydrogens is 138 g/mol. The highest BCUT2D eigenvalue weighted by Crippen LogP contribution is 2.30. The van der Waals surface area contributed by atoms with Gasteiger partial charge in [0.1, 0.15) is 0 Å². The fraction of sp³-hybridized carbons (Fsp3) is 0.667. The van der Waals surface area contributed by atoms with Gasteiger partial charge < -0.3 is 5.73 Å². The zero-order valence-electron chi connectivity index (χ0n) is 7.18. The normalized spacial score (nSPS) is 20.3. The number of carbonyl (C=O) groups is 1. The van der Waals surface area contributed by atoms with Gasteiger partial charge in [0.25, 0.3) is 0 Å². The van der Waals surface area contributed by atoms with Crippen LogP contribution in [0.4, 0.5) is 0 Å². The van der Waals surface area contributed by atoms with E-state index in [1.807, 2.05) is 13.8 Å². The third-order valence-corrected chi connectivity index (χ3v) is 2.16. The van der Waals surface area contributed by atoms with E-state index in [1.54, 1.807) is 6.08 Å². The summed E-state index contributed by atoms with van der Waals surface area (Å²) in [5.74, 6) is 0.101. The number of rotatable bonds is 2. The van der Waals surface area contributed by atoms with Crippen LogP contribution in [0.3, 0.4) is 0 Å². The fourth-order valence-electron chi connectivity index (χ4n) is 1.21. The van der Waals surface area contributed by atoms with Crippen LogP contribution in [0.15, 0.2) is 11.6 Å². The third kappa shape index (κ3) is 1.69. The van der Waals surface area contributed by atoms with Gasteiger partial charge >= 0.3 is 0 Å². The molecule has 0 aromatic heterocycles. The molecule has 0 saturated heterocycles. The third-order valence-electron chi connectivity index (χ3n) is 2.16. The molecule has 0 aromatic carbocycles. The van der Waals surface area contributed by atoms with Crippen LogP contribution in [0.2, 0.25) is 0 Å². The van der Waals surface area contributed by atoms with Gasteiger partial charge in [-0.15, -0.1) is 0 Å². The lowest BCUT2D eigenvalue weighted by Crippen LogP contribution is -2.52. The molecule has 1 saturated carbocycles. The van der Waals surface area contributed by atoms with Crippen LogP contribution in [0.25, 0.3) is 0 Å². The van der Waals surface area contributed by atoms with Gasteiger partial charge in [0.15, 0.2) is 5.78 Å². The Morgan fingerprint density at radius 1 is 1.45 bits per heavy atom. The summed E-state index contributed by atoms with van der Waals surface area (Å²) >= 11 is 0. The monoisotopic (exact) mass is 153 g/mol. The minimum Gasteiger partial charge on any atom is -0.319 e. The van der Waals surface area contributed by atoms with Crippen LogP contribution in [-0.2, 0) is 4.79 Å². The second-order valence-corrected chi connectivity index (χ2v) is 3.60. The van der Waals surface area contributed by atoms with E-state index < -0.39 is 5.54 Å². The predicted octanol–water partition coefficient (Wildman–Crippen LogP) is 1.40. The van der Waals surface area contributed by atoms with Crippen LogP contribution in [0, 0.1) is 0 Å². The van der Waals surface area contributed by atoms with Crippen molar-refractivity contribution in [2.24, 2.45) is 5.73 Å². The summed E-state index contributed by atoms with van der Waals surface area (Å²) in [5.41, 5.74) is 6.33. The lowest BCUT2D eigenvalue weighted by molar-refractivity contribution is -0.122. The van der Waals surface area contributed by atoms with Crippen LogP contribution in [0.1, 0.15) is 33.1 Å². The summed E-state index contributed by atoms with van der Waals surface area (Å²) < 4.78 is 0. The van der Waals surface area contributed by atoms with E-state index >= 15 is 0 Å². The van der Waals surface area contributed by atoms with Crippen LogP contribution < -0.4 is 5.73 Å². The first-order valence-corrected chi connectivity index (χ1v) is 4.03. The van der Waals surface area contributed by atoms with Gasteiger partial charge in [-0.05, 0) is 39.2 Å². The molecule has 0 spiro atoms. The quantitative estimate of drug-likeness (QED) is 0.609. The average Bonchev–Trinajstić information content (AvgIpc) is 1.81. The Balaban J connectivity index is 2.61. The molecule has 2 N–H and O–H groups in total. The second kappa shape index (κ2) is 2.78. The molecule has 11 heavy (non-hydrogen) atoms. The van der Waals surface area contributed by atoms with Crippen molar-refractivity contribution in [3.8, 4) is 0 Å². The fourth-order valence-corrected chi connectivity index (χ4v) is 1.21. The molecule has 0 heterocycles. The highest BCUT2D eigenvalue weighted by atomic mass is 16.1. The summed E-state index contributed by atoms with van der Waals surface area (Å²) in [7, 11) is 0. The molecule has 0 unspecified atom stereocenters. The number of ketones is 1. The van der Waals surface area contributed by atoms with Gasteiger partial charge in [-0.2, -0.15) is 0 Å². The number of hydrogen-bond donors (Lipinski definition) is 1. The molecule has 0 atom stereocenters. The standard InChI is InChI=1S/C9H15NO/c1-7(2)6-8(11)9(10)4-3-5-9/h6H,3-5,10H2,1-2H3. The Morgan fingerprint density at radius 3 is 2.27 bits per heavy atom. The van der Waals surface area contributed by atoms with Crippen molar-refractivity contribution in [2.75, 3.05) is 0 Å². The first-order valence-electron chi connectivity index (χ1n) is 4.03. The summed E-state index contributed by atoms with van der Waals surface area (Å²) in [5, 5.41) is 0. The Bertz CT molecular complexity index is 198. The maximum atomic E-state index is 11.4. The van der Waals surface area contributed by atoms with E-state index in [9.17, 15) is 4.79 Å². The summed E-state index contributed by atoms with van der Waals surface area (Å²) in [6.07, 6.45) is 4.46. The highest BCUT2D eigenvalue weighted by Gasteiger charge is 2.38. The second-order valence-electron chi connectivity index (χ2n) is 3.60. The topological polar surface area (TPSA) is 43.1 Å². The highest BCUT2D eigenvalue weighted by molar-refractivity contribution is 5.98. The molecule has 0 bridgehead atoms. The zero-order chi connectivity index (χ0) is 8.48. The molecule has 1 aliphatic carbocycles. The van der Waals surface area contributed by atoms with E-state index in [2.05, 4.69) is 0 Å². The lowest BCUT2D eigenvalue weighted by atomic mass is 9.74. The smallest absolute Gasteiger partial charge is 0.175 e. The Kier molecular flexibility index (Phi) is 2.14. The molecule has 0 aromatic rings. The summed E-state index contributed by atoms with van der Waals surface area (Å²) in [6.45, 7) is 3.83. The van der Waals surface area contributed by atoms with E-state index in [-0.39, 0.29) is 5.78 Å². The number of allylic oxidation sites excluding steroid dienone is 1. The van der Waals surface area contributed by atoms with Crippen molar-refractivity contribution < 1.29 is 4.79 Å². The average molecular weight is 153 g/mol. The number of carbonyl (C=O) groups excluding carboxylic acids is 1. The maximum Gasteiger partial charge on any atom is 0.175 e. The largest absolute Gasteiger partial charge is 0.319 e. The van der Waals surface area contributed by atoms with Crippen molar-refractivity contribution in [1.29, 1.82) is 0 Å². The molecule has 0 amide bonds. The van der Waals surface area contributed by atoms with Crippen molar-refractivity contribution in [1.82, 2.24) is 0 Å². The molecule has 2 nitrogen and oxygen atoms in total. The summed E-state index contributed by atoms with van der Waals surface area (Å²) in [4.78, 5) is 11.4. The van der Waals surface area contributed by atoms with Crippen molar-refractivity contribution in [3.05, 3.63) is 11.6 Å². The van der Waals surface area contributed by atoms with Gasteiger partial charge in [0.05, 0.1) is 5.54 Å². The maximum absolute atomic E-state index is 11.4. The number of nitrogens with two attached hydrogens (primary N) is 1. The lowest BCUT2D eigenvalue weighted by Gasteiger charge is -2.35. The van der Waals surface area contributed by atoms with Gasteiger partial charge in [-0.25, -0.2) is 0 Å². The SMILES string of the molecule is CC(C)=CC(=O)C1(N)CCC1. The predicted molar refractivity (Wildman–Crippen MR) is 45.2 cm³/mol.